The van der Waals surface area contributed by atoms with Crippen molar-refractivity contribution in [1.29, 1.82) is 0 Å². The summed E-state index contributed by atoms with van der Waals surface area (Å²) in [5.41, 5.74) is 0.577. The van der Waals surface area contributed by atoms with E-state index in [-0.39, 0.29) is 23.2 Å². The Morgan fingerprint density at radius 3 is 2.58 bits per heavy atom. The topological polar surface area (TPSA) is 87.4 Å². The minimum atomic E-state index is -0.848. The third-order valence-corrected chi connectivity index (χ3v) is 7.20. The minimum Gasteiger partial charge on any atom is -0.507 e. The van der Waals surface area contributed by atoms with Gasteiger partial charge in [0.15, 0.2) is 11.5 Å². The van der Waals surface area contributed by atoms with Crippen molar-refractivity contribution in [3.63, 3.8) is 0 Å². The molecule has 38 heavy (non-hydrogen) atoms. The molecule has 0 bridgehead atoms. The first-order valence-corrected chi connectivity index (χ1v) is 12.8. The lowest BCUT2D eigenvalue weighted by molar-refractivity contribution is 0.376. The zero-order chi connectivity index (χ0) is 27.3. The molecule has 1 aromatic carbocycles. The van der Waals surface area contributed by atoms with Gasteiger partial charge in [0, 0.05) is 31.9 Å². The van der Waals surface area contributed by atoms with E-state index in [1.54, 1.807) is 12.3 Å². The largest absolute Gasteiger partial charge is 0.507 e. The maximum Gasteiger partial charge on any atom is 0.355 e. The van der Waals surface area contributed by atoms with E-state index in [0.717, 1.165) is 11.6 Å². The van der Waals surface area contributed by atoms with E-state index in [0.29, 0.717) is 42.2 Å². The predicted octanol–water partition coefficient (Wildman–Crippen LogP) is 4.61. The lowest BCUT2D eigenvalue weighted by Crippen LogP contribution is -2.50. The maximum absolute atomic E-state index is 15.7. The summed E-state index contributed by atoms with van der Waals surface area (Å²) in [6.07, 6.45) is 1.66. The van der Waals surface area contributed by atoms with Crippen molar-refractivity contribution < 1.29 is 13.9 Å². The summed E-state index contributed by atoms with van der Waals surface area (Å²) in [7, 11) is 0. The molecule has 4 heterocycles. The van der Waals surface area contributed by atoms with Crippen molar-refractivity contribution >= 4 is 29.7 Å². The van der Waals surface area contributed by atoms with Gasteiger partial charge >= 0.3 is 5.69 Å². The predicted molar refractivity (Wildman–Crippen MR) is 146 cm³/mol. The normalized spacial score (nSPS) is 16.5. The van der Waals surface area contributed by atoms with Gasteiger partial charge in [-0.2, -0.15) is 4.98 Å². The molecule has 5 rings (SSSR count). The quantitative estimate of drug-likeness (QED) is 0.367. The lowest BCUT2D eigenvalue weighted by Gasteiger charge is -2.38. The Morgan fingerprint density at radius 1 is 1.13 bits per heavy atom. The van der Waals surface area contributed by atoms with Crippen LogP contribution in [0, 0.1) is 18.6 Å². The number of benzene rings is 1. The molecule has 0 spiro atoms. The van der Waals surface area contributed by atoms with Gasteiger partial charge in [0.05, 0.1) is 22.3 Å². The fourth-order valence-corrected chi connectivity index (χ4v) is 5.31. The molecular formula is C27H28F2N6O2S. The van der Waals surface area contributed by atoms with Gasteiger partial charge in [-0.05, 0) is 49.6 Å². The van der Waals surface area contributed by atoms with Crippen molar-refractivity contribution in [2.45, 2.75) is 39.7 Å². The summed E-state index contributed by atoms with van der Waals surface area (Å²) in [6, 6.07) is 6.61. The Morgan fingerprint density at radius 2 is 1.89 bits per heavy atom. The minimum absolute atomic E-state index is 0.0504. The lowest BCUT2D eigenvalue weighted by atomic mass is 10.0. The molecule has 198 valence electrons. The van der Waals surface area contributed by atoms with Crippen LogP contribution in [0.5, 0.6) is 5.75 Å². The number of fused-ring (bicyclic) bond motifs is 1. The average Bonchev–Trinajstić information content (AvgIpc) is 2.85. The number of thiol groups is 1. The number of piperazine rings is 1. The maximum atomic E-state index is 15.7. The molecule has 4 aromatic rings. The van der Waals surface area contributed by atoms with E-state index in [1.807, 2.05) is 36.9 Å². The Hall–Kier alpha value is -3.57. The number of phenolic OH excluding ortho intramolecular Hbond substituents is 1. The van der Waals surface area contributed by atoms with Gasteiger partial charge in [-0.1, -0.05) is 32.7 Å². The number of rotatable bonds is 4. The molecule has 0 unspecified atom stereocenters. The van der Waals surface area contributed by atoms with Crippen molar-refractivity contribution in [3.05, 3.63) is 69.9 Å². The van der Waals surface area contributed by atoms with Gasteiger partial charge in [-0.25, -0.2) is 27.4 Å². The molecule has 1 atom stereocenters. The molecule has 0 aliphatic carbocycles. The first-order valence-electron chi connectivity index (χ1n) is 12.4. The van der Waals surface area contributed by atoms with E-state index in [2.05, 4.69) is 27.8 Å². The highest BCUT2D eigenvalue weighted by molar-refractivity contribution is 7.77. The van der Waals surface area contributed by atoms with E-state index < -0.39 is 28.8 Å². The van der Waals surface area contributed by atoms with Crippen LogP contribution in [0.15, 0.2) is 41.3 Å². The van der Waals surface area contributed by atoms with Gasteiger partial charge < -0.3 is 10.0 Å². The molecule has 1 aliphatic heterocycles. The van der Waals surface area contributed by atoms with Gasteiger partial charge in [0.25, 0.3) is 0 Å². The average molecular weight is 539 g/mol. The van der Waals surface area contributed by atoms with Gasteiger partial charge in [0.2, 0.25) is 0 Å². The van der Waals surface area contributed by atoms with Crippen LogP contribution in [0.3, 0.4) is 0 Å². The number of phenols is 1. The third-order valence-electron chi connectivity index (χ3n) is 6.83. The summed E-state index contributed by atoms with van der Waals surface area (Å²) >= 11 is 4.44. The van der Waals surface area contributed by atoms with Crippen LogP contribution in [-0.4, -0.2) is 54.6 Å². The summed E-state index contributed by atoms with van der Waals surface area (Å²) in [6.45, 7) is 9.44. The second-order valence-electron chi connectivity index (χ2n) is 9.85. The van der Waals surface area contributed by atoms with E-state index >= 15 is 4.39 Å². The number of hydrogen-bond donors (Lipinski definition) is 2. The Bertz CT molecular complexity index is 1590. The van der Waals surface area contributed by atoms with Crippen LogP contribution < -0.4 is 10.6 Å². The van der Waals surface area contributed by atoms with Gasteiger partial charge in [-0.15, -0.1) is 0 Å². The van der Waals surface area contributed by atoms with Crippen molar-refractivity contribution in [2.24, 2.45) is 0 Å². The zero-order valence-corrected chi connectivity index (χ0v) is 22.4. The third kappa shape index (κ3) is 4.39. The molecule has 1 aliphatic rings. The molecule has 0 radical (unpaired) electrons. The molecule has 1 saturated heterocycles. The fourth-order valence-electron chi connectivity index (χ4n) is 4.99. The summed E-state index contributed by atoms with van der Waals surface area (Å²) in [4.78, 5) is 29.2. The number of anilines is 1. The van der Waals surface area contributed by atoms with Gasteiger partial charge in [0.1, 0.15) is 23.1 Å². The second-order valence-corrected chi connectivity index (χ2v) is 10.4. The van der Waals surface area contributed by atoms with Crippen LogP contribution >= 0.6 is 12.8 Å². The Balaban J connectivity index is 1.90. The zero-order valence-electron chi connectivity index (χ0n) is 21.5. The van der Waals surface area contributed by atoms with Crippen molar-refractivity contribution in [3.8, 4) is 22.7 Å². The highest BCUT2D eigenvalue weighted by Crippen LogP contribution is 2.36. The smallest absolute Gasteiger partial charge is 0.355 e. The summed E-state index contributed by atoms with van der Waals surface area (Å²) in [5.74, 6) is -1.90. The van der Waals surface area contributed by atoms with Crippen molar-refractivity contribution in [1.82, 2.24) is 23.8 Å². The molecule has 1 fully saturated rings. The molecule has 3 aromatic heterocycles. The molecule has 1 N–H and O–H groups in total. The van der Waals surface area contributed by atoms with E-state index in [9.17, 15) is 14.3 Å². The first kappa shape index (κ1) is 26.1. The van der Waals surface area contributed by atoms with E-state index in [1.165, 1.54) is 22.8 Å². The Labute approximate surface area is 224 Å². The molecule has 0 saturated carbocycles. The summed E-state index contributed by atoms with van der Waals surface area (Å²) in [5, 5.41) is 10.7. The second kappa shape index (κ2) is 9.95. The van der Waals surface area contributed by atoms with Crippen molar-refractivity contribution in [2.75, 3.05) is 24.5 Å². The standard InChI is InChI=1S/C27H28F2N6O2S/c1-14(2)22-24(15(3)8-9-30-22)35-26-17(25(32-27(35)37)34-11-10-33(38)13-16(34)4)12-19(29)23(31-26)21-18(28)6-5-7-20(21)36/h5-9,12,14,16,36,38H,10-11,13H2,1-4H3/t16-/m0/s1. The van der Waals surface area contributed by atoms with Crippen LogP contribution in [0.25, 0.3) is 28.0 Å². The highest BCUT2D eigenvalue weighted by atomic mass is 32.1. The van der Waals surface area contributed by atoms with Crippen LogP contribution in [0.1, 0.15) is 37.9 Å². The van der Waals surface area contributed by atoms with Gasteiger partial charge in [-0.3, -0.25) is 4.98 Å². The van der Waals surface area contributed by atoms with Crippen LogP contribution in [0.4, 0.5) is 14.6 Å². The Kier molecular flexibility index (Phi) is 6.83. The fraction of sp³-hybridized carbons (Fsp3) is 0.333. The number of aromatic nitrogens is 4. The number of nitrogens with zero attached hydrogens (tertiary/aromatic N) is 6. The van der Waals surface area contributed by atoms with Crippen LogP contribution in [-0.2, 0) is 0 Å². The molecule has 11 heteroatoms. The molecule has 8 nitrogen and oxygen atoms in total. The number of aromatic hydroxyl groups is 1. The molecule has 0 amide bonds. The SMILES string of the molecule is Cc1ccnc(C(C)C)c1-n1c(=O)nc(N2CCN(S)C[C@@H]2C)c2cc(F)c(-c3c(O)cccc3F)nc21. The number of halogens is 2. The first-order chi connectivity index (χ1) is 18.1. The number of hydrogen-bond acceptors (Lipinski definition) is 8. The van der Waals surface area contributed by atoms with E-state index in [4.69, 9.17) is 0 Å². The molecular weight excluding hydrogens is 510 g/mol. The highest BCUT2D eigenvalue weighted by Gasteiger charge is 2.29. The number of aryl methyl sites for hydroxylation is 1. The number of pyridine rings is 2. The van der Waals surface area contributed by atoms with Crippen LogP contribution in [0.2, 0.25) is 0 Å². The monoisotopic (exact) mass is 538 g/mol. The summed E-state index contributed by atoms with van der Waals surface area (Å²) < 4.78 is 33.7.